The van der Waals surface area contributed by atoms with E-state index < -0.39 is 0 Å². The van der Waals surface area contributed by atoms with E-state index in [0.717, 1.165) is 35.2 Å². The van der Waals surface area contributed by atoms with Crippen molar-refractivity contribution in [2.75, 3.05) is 19.7 Å². The van der Waals surface area contributed by atoms with Crippen LogP contribution in [0.2, 0.25) is 0 Å². The van der Waals surface area contributed by atoms with Crippen LogP contribution < -0.4 is 5.32 Å². The van der Waals surface area contributed by atoms with Crippen LogP contribution in [0.15, 0.2) is 24.3 Å². The SMILES string of the molecule is Cc1[nH]c2ccccc2c1C(=O)CC1CNCCO1. The lowest BCUT2D eigenvalue weighted by atomic mass is 10.0. The number of fused-ring (bicyclic) bond motifs is 1. The summed E-state index contributed by atoms with van der Waals surface area (Å²) in [7, 11) is 0. The summed E-state index contributed by atoms with van der Waals surface area (Å²) in [5.41, 5.74) is 2.77. The van der Waals surface area contributed by atoms with Gasteiger partial charge in [-0.05, 0) is 13.0 Å². The highest BCUT2D eigenvalue weighted by Crippen LogP contribution is 2.24. The number of hydrogen-bond donors (Lipinski definition) is 2. The first-order valence-corrected chi connectivity index (χ1v) is 6.68. The Morgan fingerprint density at radius 3 is 3.05 bits per heavy atom. The van der Waals surface area contributed by atoms with Crippen LogP contribution in [-0.4, -0.2) is 36.6 Å². The normalized spacial score (nSPS) is 19.7. The van der Waals surface area contributed by atoms with Crippen molar-refractivity contribution in [3.8, 4) is 0 Å². The Hall–Kier alpha value is -1.65. The van der Waals surface area contributed by atoms with Gasteiger partial charge in [0.05, 0.1) is 12.7 Å². The monoisotopic (exact) mass is 258 g/mol. The lowest BCUT2D eigenvalue weighted by molar-refractivity contribution is 0.0240. The minimum absolute atomic E-state index is 0.00527. The Balaban J connectivity index is 1.86. The minimum Gasteiger partial charge on any atom is -0.375 e. The van der Waals surface area contributed by atoms with Crippen LogP contribution in [0.4, 0.5) is 0 Å². The number of para-hydroxylation sites is 1. The Bertz CT molecular complexity index is 597. The topological polar surface area (TPSA) is 54.1 Å². The van der Waals surface area contributed by atoms with Gasteiger partial charge in [0.2, 0.25) is 0 Å². The molecule has 0 saturated carbocycles. The Labute approximate surface area is 112 Å². The van der Waals surface area contributed by atoms with Crippen LogP contribution >= 0.6 is 0 Å². The third kappa shape index (κ3) is 2.41. The lowest BCUT2D eigenvalue weighted by Gasteiger charge is -2.22. The molecule has 1 aliphatic rings. The molecule has 3 rings (SSSR count). The molecule has 1 fully saturated rings. The number of H-pyrrole nitrogens is 1. The minimum atomic E-state index is -0.00527. The molecule has 1 atom stereocenters. The van der Waals surface area contributed by atoms with Crippen molar-refractivity contribution in [3.63, 3.8) is 0 Å². The van der Waals surface area contributed by atoms with Gasteiger partial charge in [-0.3, -0.25) is 4.79 Å². The van der Waals surface area contributed by atoms with Crippen LogP contribution in [0.3, 0.4) is 0 Å². The van der Waals surface area contributed by atoms with Gasteiger partial charge in [0.1, 0.15) is 0 Å². The van der Waals surface area contributed by atoms with Crippen molar-refractivity contribution in [2.24, 2.45) is 0 Å². The van der Waals surface area contributed by atoms with E-state index in [0.29, 0.717) is 13.0 Å². The van der Waals surface area contributed by atoms with Crippen molar-refractivity contribution < 1.29 is 9.53 Å². The third-order valence-electron chi connectivity index (χ3n) is 3.59. The second kappa shape index (κ2) is 5.15. The maximum Gasteiger partial charge on any atom is 0.167 e. The van der Waals surface area contributed by atoms with Gasteiger partial charge in [0.15, 0.2) is 5.78 Å². The Morgan fingerprint density at radius 2 is 2.26 bits per heavy atom. The van der Waals surface area contributed by atoms with E-state index in [1.807, 2.05) is 31.2 Å². The summed E-state index contributed by atoms with van der Waals surface area (Å²) in [6.07, 6.45) is 0.435. The quantitative estimate of drug-likeness (QED) is 0.828. The van der Waals surface area contributed by atoms with Crippen molar-refractivity contribution in [3.05, 3.63) is 35.5 Å². The van der Waals surface area contributed by atoms with Crippen molar-refractivity contribution in [1.82, 2.24) is 10.3 Å². The van der Waals surface area contributed by atoms with Crippen molar-refractivity contribution >= 4 is 16.7 Å². The molecule has 0 aliphatic carbocycles. The van der Waals surface area contributed by atoms with E-state index in [-0.39, 0.29) is 11.9 Å². The zero-order valence-corrected chi connectivity index (χ0v) is 11.0. The Morgan fingerprint density at radius 1 is 1.42 bits per heavy atom. The zero-order valence-electron chi connectivity index (χ0n) is 11.0. The second-order valence-corrected chi connectivity index (χ2v) is 4.99. The Kier molecular flexibility index (Phi) is 3.36. The fourth-order valence-corrected chi connectivity index (χ4v) is 2.70. The molecule has 1 saturated heterocycles. The van der Waals surface area contributed by atoms with Gasteiger partial charge in [-0.25, -0.2) is 0 Å². The molecule has 1 unspecified atom stereocenters. The number of morpholine rings is 1. The summed E-state index contributed by atoms with van der Waals surface area (Å²) in [4.78, 5) is 15.7. The van der Waals surface area contributed by atoms with Crippen LogP contribution in [0.5, 0.6) is 0 Å². The number of benzene rings is 1. The molecule has 0 amide bonds. The molecule has 1 aliphatic heterocycles. The molecule has 4 nitrogen and oxygen atoms in total. The molecule has 2 heterocycles. The number of nitrogens with one attached hydrogen (secondary N) is 2. The first-order valence-electron chi connectivity index (χ1n) is 6.68. The highest BCUT2D eigenvalue weighted by molar-refractivity contribution is 6.09. The summed E-state index contributed by atoms with van der Waals surface area (Å²) >= 11 is 0. The van der Waals surface area contributed by atoms with Crippen LogP contribution in [-0.2, 0) is 4.74 Å². The van der Waals surface area contributed by atoms with Gasteiger partial charge in [-0.15, -0.1) is 0 Å². The largest absolute Gasteiger partial charge is 0.375 e. The average molecular weight is 258 g/mol. The second-order valence-electron chi connectivity index (χ2n) is 4.99. The molecule has 2 aromatic rings. The van der Waals surface area contributed by atoms with Crippen LogP contribution in [0.25, 0.3) is 10.9 Å². The fourth-order valence-electron chi connectivity index (χ4n) is 2.70. The molecule has 100 valence electrons. The number of aromatic nitrogens is 1. The zero-order chi connectivity index (χ0) is 13.2. The number of ketones is 1. The van der Waals surface area contributed by atoms with Gasteiger partial charge in [0.25, 0.3) is 0 Å². The van der Waals surface area contributed by atoms with Crippen molar-refractivity contribution in [1.29, 1.82) is 0 Å². The first-order chi connectivity index (χ1) is 9.25. The standard InChI is InChI=1S/C15H18N2O2/c1-10-15(12-4-2-3-5-13(12)17-10)14(18)8-11-9-16-6-7-19-11/h2-5,11,16-17H,6-9H2,1H3. The predicted octanol–water partition coefficient (Wildman–Crippen LogP) is 2.04. The number of rotatable bonds is 3. The highest BCUT2D eigenvalue weighted by Gasteiger charge is 2.21. The molecule has 4 heteroatoms. The summed E-state index contributed by atoms with van der Waals surface area (Å²) < 4.78 is 5.61. The summed E-state index contributed by atoms with van der Waals surface area (Å²) in [5, 5.41) is 4.26. The molecule has 1 aromatic heterocycles. The number of ether oxygens (including phenoxy) is 1. The number of Topliss-reactive ketones (excluding diaryl/α,β-unsaturated/α-hetero) is 1. The summed E-state index contributed by atoms with van der Waals surface area (Å²) in [6.45, 7) is 4.27. The molecule has 2 N–H and O–H groups in total. The van der Waals surface area contributed by atoms with Crippen LogP contribution in [0, 0.1) is 6.92 Å². The lowest BCUT2D eigenvalue weighted by Crippen LogP contribution is -2.39. The van der Waals surface area contributed by atoms with Gasteiger partial charge < -0.3 is 15.0 Å². The van der Waals surface area contributed by atoms with Crippen molar-refractivity contribution in [2.45, 2.75) is 19.4 Å². The molecule has 19 heavy (non-hydrogen) atoms. The summed E-state index contributed by atoms with van der Waals surface area (Å²) in [6, 6.07) is 7.93. The number of aromatic amines is 1. The molecule has 0 spiro atoms. The van der Waals surface area contributed by atoms with E-state index in [9.17, 15) is 4.79 Å². The van der Waals surface area contributed by atoms with Gasteiger partial charge in [-0.1, -0.05) is 18.2 Å². The maximum absolute atomic E-state index is 12.5. The smallest absolute Gasteiger partial charge is 0.167 e. The van der Waals surface area contributed by atoms with Gasteiger partial charge in [-0.2, -0.15) is 0 Å². The number of hydrogen-bond acceptors (Lipinski definition) is 3. The molecular weight excluding hydrogens is 240 g/mol. The molecular formula is C15H18N2O2. The molecule has 0 bridgehead atoms. The highest BCUT2D eigenvalue weighted by atomic mass is 16.5. The predicted molar refractivity (Wildman–Crippen MR) is 74.6 cm³/mol. The number of carbonyl (C=O) groups excluding carboxylic acids is 1. The van der Waals surface area contributed by atoms with Gasteiger partial charge >= 0.3 is 0 Å². The average Bonchev–Trinajstić information content (AvgIpc) is 2.75. The summed E-state index contributed by atoms with van der Waals surface area (Å²) in [5.74, 6) is 0.156. The van der Waals surface area contributed by atoms with E-state index >= 15 is 0 Å². The maximum atomic E-state index is 12.5. The third-order valence-corrected chi connectivity index (χ3v) is 3.59. The van der Waals surface area contributed by atoms with E-state index in [1.165, 1.54) is 0 Å². The number of carbonyl (C=O) groups is 1. The van der Waals surface area contributed by atoms with E-state index in [2.05, 4.69) is 10.3 Å². The molecule has 1 aromatic carbocycles. The molecule has 0 radical (unpaired) electrons. The van der Waals surface area contributed by atoms with E-state index in [1.54, 1.807) is 0 Å². The van der Waals surface area contributed by atoms with E-state index in [4.69, 9.17) is 4.74 Å². The van der Waals surface area contributed by atoms with Gasteiger partial charge in [0, 0.05) is 41.7 Å². The fraction of sp³-hybridized carbons (Fsp3) is 0.400. The first kappa shape index (κ1) is 12.4. The van der Waals surface area contributed by atoms with Crippen LogP contribution in [0.1, 0.15) is 22.5 Å². The number of aryl methyl sites for hydroxylation is 1.